The van der Waals surface area contributed by atoms with Crippen LogP contribution in [0.4, 0.5) is 5.82 Å². The Morgan fingerprint density at radius 1 is 1.00 bits per heavy atom. The number of aryl methyl sites for hydroxylation is 4. The standard InChI is InChI=1S/C23H20N4/c1-14-3-8-19-20-11-17(13-26-22(20)23(25)27-21(19)9-14)5-7-18-6-4-16(12-24)10-15(18)2/h3-4,6,8-11,13H,5,7H2,1-2H3,(H2,25,27). The summed E-state index contributed by atoms with van der Waals surface area (Å²) in [7, 11) is 0. The molecular formula is C23H20N4. The largest absolute Gasteiger partial charge is 0.382 e. The van der Waals surface area contributed by atoms with Gasteiger partial charge >= 0.3 is 0 Å². The summed E-state index contributed by atoms with van der Waals surface area (Å²) < 4.78 is 0. The van der Waals surface area contributed by atoms with Crippen LogP contribution in [0, 0.1) is 25.2 Å². The van der Waals surface area contributed by atoms with Gasteiger partial charge in [-0.2, -0.15) is 5.26 Å². The summed E-state index contributed by atoms with van der Waals surface area (Å²) in [4.78, 5) is 9.09. The van der Waals surface area contributed by atoms with Crippen LogP contribution in [0.2, 0.25) is 0 Å². The van der Waals surface area contributed by atoms with Gasteiger partial charge in [-0.3, -0.25) is 4.98 Å². The van der Waals surface area contributed by atoms with Crippen LogP contribution in [0.15, 0.2) is 48.7 Å². The van der Waals surface area contributed by atoms with Gasteiger partial charge in [-0.15, -0.1) is 0 Å². The lowest BCUT2D eigenvalue weighted by molar-refractivity contribution is 0.944. The number of nitriles is 1. The van der Waals surface area contributed by atoms with Crippen molar-refractivity contribution in [3.05, 3.63) is 76.5 Å². The number of aromatic nitrogens is 2. The Bertz CT molecular complexity index is 1220. The zero-order valence-corrected chi connectivity index (χ0v) is 15.5. The lowest BCUT2D eigenvalue weighted by atomic mass is 9.98. The summed E-state index contributed by atoms with van der Waals surface area (Å²) in [5.74, 6) is 0.470. The molecule has 4 nitrogen and oxygen atoms in total. The highest BCUT2D eigenvalue weighted by Crippen LogP contribution is 2.28. The first-order chi connectivity index (χ1) is 13.0. The summed E-state index contributed by atoms with van der Waals surface area (Å²) >= 11 is 0. The number of hydrogen-bond donors (Lipinski definition) is 1. The number of anilines is 1. The van der Waals surface area contributed by atoms with Gasteiger partial charge in [-0.05, 0) is 73.2 Å². The number of rotatable bonds is 3. The van der Waals surface area contributed by atoms with E-state index in [1.807, 2.05) is 24.4 Å². The molecule has 0 amide bonds. The van der Waals surface area contributed by atoms with Gasteiger partial charge < -0.3 is 5.73 Å². The third-order valence-corrected chi connectivity index (χ3v) is 5.03. The van der Waals surface area contributed by atoms with E-state index >= 15 is 0 Å². The van der Waals surface area contributed by atoms with Crippen molar-refractivity contribution in [2.24, 2.45) is 0 Å². The lowest BCUT2D eigenvalue weighted by Gasteiger charge is -2.10. The van der Waals surface area contributed by atoms with Crippen LogP contribution in [0.5, 0.6) is 0 Å². The van der Waals surface area contributed by atoms with Crippen LogP contribution in [-0.4, -0.2) is 9.97 Å². The number of nitrogen functional groups attached to an aromatic ring is 1. The highest BCUT2D eigenvalue weighted by molar-refractivity contribution is 6.08. The van der Waals surface area contributed by atoms with Gasteiger partial charge in [0.2, 0.25) is 0 Å². The molecule has 27 heavy (non-hydrogen) atoms. The van der Waals surface area contributed by atoms with E-state index in [1.165, 1.54) is 11.1 Å². The minimum atomic E-state index is 0.470. The molecule has 0 saturated heterocycles. The van der Waals surface area contributed by atoms with E-state index in [4.69, 9.17) is 11.0 Å². The molecule has 0 fully saturated rings. The zero-order chi connectivity index (χ0) is 19.0. The van der Waals surface area contributed by atoms with Crippen molar-refractivity contribution in [3.63, 3.8) is 0 Å². The zero-order valence-electron chi connectivity index (χ0n) is 15.5. The third kappa shape index (κ3) is 3.20. The van der Waals surface area contributed by atoms with Gasteiger partial charge in [0.1, 0.15) is 5.52 Å². The molecular weight excluding hydrogens is 332 g/mol. The van der Waals surface area contributed by atoms with Crippen molar-refractivity contribution in [1.29, 1.82) is 5.26 Å². The molecule has 0 spiro atoms. The Morgan fingerprint density at radius 3 is 2.63 bits per heavy atom. The second kappa shape index (κ2) is 6.69. The topological polar surface area (TPSA) is 75.6 Å². The van der Waals surface area contributed by atoms with Crippen LogP contribution in [-0.2, 0) is 12.8 Å². The van der Waals surface area contributed by atoms with Gasteiger partial charge in [0, 0.05) is 17.0 Å². The van der Waals surface area contributed by atoms with Crippen LogP contribution in [0.3, 0.4) is 0 Å². The molecule has 0 bridgehead atoms. The fourth-order valence-corrected chi connectivity index (χ4v) is 3.52. The quantitative estimate of drug-likeness (QED) is 0.545. The predicted octanol–water partition coefficient (Wildman–Crippen LogP) is 4.64. The molecule has 0 atom stereocenters. The molecule has 0 aliphatic heterocycles. The molecule has 0 aliphatic carbocycles. The number of nitrogens with two attached hydrogens (primary N) is 1. The minimum Gasteiger partial charge on any atom is -0.382 e. The Hall–Kier alpha value is -3.45. The Morgan fingerprint density at radius 2 is 1.85 bits per heavy atom. The van der Waals surface area contributed by atoms with E-state index < -0.39 is 0 Å². The number of pyridine rings is 2. The predicted molar refractivity (Wildman–Crippen MR) is 109 cm³/mol. The number of fused-ring (bicyclic) bond motifs is 3. The van der Waals surface area contributed by atoms with E-state index in [-0.39, 0.29) is 0 Å². The Balaban J connectivity index is 1.71. The van der Waals surface area contributed by atoms with E-state index in [2.05, 4.69) is 54.2 Å². The van der Waals surface area contributed by atoms with Crippen molar-refractivity contribution in [3.8, 4) is 6.07 Å². The van der Waals surface area contributed by atoms with Crippen LogP contribution in [0.25, 0.3) is 21.8 Å². The second-order valence-corrected chi connectivity index (χ2v) is 7.01. The first-order valence-corrected chi connectivity index (χ1v) is 8.99. The lowest BCUT2D eigenvalue weighted by Crippen LogP contribution is -1.99. The Labute approximate surface area is 158 Å². The maximum Gasteiger partial charge on any atom is 0.150 e. The first kappa shape index (κ1) is 17.0. The van der Waals surface area contributed by atoms with Crippen LogP contribution >= 0.6 is 0 Å². The highest BCUT2D eigenvalue weighted by atomic mass is 14.9. The summed E-state index contributed by atoms with van der Waals surface area (Å²) in [6, 6.07) is 16.5. The average molecular weight is 352 g/mol. The number of hydrogen-bond acceptors (Lipinski definition) is 4. The fourth-order valence-electron chi connectivity index (χ4n) is 3.52. The van der Waals surface area contributed by atoms with Crippen LogP contribution in [0.1, 0.15) is 27.8 Å². The summed E-state index contributed by atoms with van der Waals surface area (Å²) in [5, 5.41) is 11.1. The first-order valence-electron chi connectivity index (χ1n) is 8.99. The van der Waals surface area contributed by atoms with Gasteiger partial charge in [0.15, 0.2) is 5.82 Å². The average Bonchev–Trinajstić information content (AvgIpc) is 2.66. The molecule has 2 heterocycles. The monoisotopic (exact) mass is 352 g/mol. The molecule has 2 N–H and O–H groups in total. The number of benzene rings is 2. The molecule has 4 heteroatoms. The smallest absolute Gasteiger partial charge is 0.150 e. The highest BCUT2D eigenvalue weighted by Gasteiger charge is 2.09. The Kier molecular flexibility index (Phi) is 4.21. The molecule has 0 unspecified atom stereocenters. The SMILES string of the molecule is Cc1ccc2c(c1)nc(N)c1ncc(CCc3ccc(C#N)cc3C)cc12. The molecule has 0 radical (unpaired) electrons. The van der Waals surface area contributed by atoms with Gasteiger partial charge in [-0.1, -0.05) is 18.2 Å². The van der Waals surface area contributed by atoms with Crippen molar-refractivity contribution >= 4 is 27.6 Å². The molecule has 0 aliphatic rings. The van der Waals surface area contributed by atoms with Gasteiger partial charge in [-0.25, -0.2) is 4.98 Å². The van der Waals surface area contributed by atoms with Gasteiger partial charge in [0.05, 0.1) is 17.1 Å². The summed E-state index contributed by atoms with van der Waals surface area (Å²) in [6.07, 6.45) is 3.67. The number of nitrogens with zero attached hydrogens (tertiary/aromatic N) is 3. The molecule has 4 aromatic rings. The fraction of sp³-hybridized carbons (Fsp3) is 0.174. The van der Waals surface area contributed by atoms with E-state index in [0.29, 0.717) is 11.4 Å². The van der Waals surface area contributed by atoms with Crippen molar-refractivity contribution < 1.29 is 0 Å². The maximum atomic E-state index is 9.01. The van der Waals surface area contributed by atoms with E-state index in [0.717, 1.165) is 45.8 Å². The molecule has 132 valence electrons. The molecule has 4 rings (SSSR count). The van der Waals surface area contributed by atoms with Crippen molar-refractivity contribution in [2.45, 2.75) is 26.7 Å². The molecule has 2 aromatic heterocycles. The molecule has 0 saturated carbocycles. The second-order valence-electron chi connectivity index (χ2n) is 7.01. The molecule has 2 aromatic carbocycles. The van der Waals surface area contributed by atoms with Crippen molar-refractivity contribution in [1.82, 2.24) is 9.97 Å². The van der Waals surface area contributed by atoms with Crippen molar-refractivity contribution in [2.75, 3.05) is 5.73 Å². The van der Waals surface area contributed by atoms with E-state index in [1.54, 1.807) is 0 Å². The summed E-state index contributed by atoms with van der Waals surface area (Å²) in [5.41, 5.74) is 13.2. The van der Waals surface area contributed by atoms with Crippen LogP contribution < -0.4 is 5.73 Å². The summed E-state index contributed by atoms with van der Waals surface area (Å²) in [6.45, 7) is 4.10. The third-order valence-electron chi connectivity index (χ3n) is 5.03. The van der Waals surface area contributed by atoms with E-state index in [9.17, 15) is 0 Å². The normalized spacial score (nSPS) is 11.0. The minimum absolute atomic E-state index is 0.470. The van der Waals surface area contributed by atoms with Gasteiger partial charge in [0.25, 0.3) is 0 Å². The maximum absolute atomic E-state index is 9.01.